The van der Waals surface area contributed by atoms with Gasteiger partial charge < -0.3 is 5.11 Å². The van der Waals surface area contributed by atoms with E-state index in [0.29, 0.717) is 5.75 Å². The number of phenols is 1. The molecule has 0 saturated heterocycles. The van der Waals surface area contributed by atoms with Crippen molar-refractivity contribution in [2.45, 2.75) is 139 Å². The first-order valence-electron chi connectivity index (χ1n) is 18.1. The van der Waals surface area contributed by atoms with Gasteiger partial charge in [0.2, 0.25) is 0 Å². The number of phenolic OH excluding ortho intramolecular Hbond substituents is 1. The van der Waals surface area contributed by atoms with E-state index in [1.807, 2.05) is 36.4 Å². The van der Waals surface area contributed by atoms with Gasteiger partial charge in [-0.05, 0) is 122 Å². The molecule has 1 atom stereocenters. The quantitative estimate of drug-likeness (QED) is 0.196. The number of aromatic hydroxyl groups is 1. The van der Waals surface area contributed by atoms with E-state index >= 15 is 0 Å². The molecule has 253 valence electrons. The molecule has 3 fully saturated rings. The second-order valence-corrected chi connectivity index (χ2v) is 23.2. The molecule has 3 aromatic carbocycles. The van der Waals surface area contributed by atoms with Crippen LogP contribution in [0.4, 0.5) is 0 Å². The molecule has 0 spiro atoms. The van der Waals surface area contributed by atoms with Crippen molar-refractivity contribution in [2.24, 2.45) is 0 Å². The second-order valence-electron chi connectivity index (χ2n) is 14.6. The Morgan fingerprint density at radius 1 is 0.609 bits per heavy atom. The van der Waals surface area contributed by atoms with Crippen LogP contribution in [0.2, 0.25) is 0 Å². The van der Waals surface area contributed by atoms with E-state index in [4.69, 9.17) is 9.69 Å². The summed E-state index contributed by atoms with van der Waals surface area (Å²) in [5.74, 6) is 0.421. The van der Waals surface area contributed by atoms with Gasteiger partial charge in [0.15, 0.2) is 5.75 Å². The van der Waals surface area contributed by atoms with Gasteiger partial charge in [-0.1, -0.05) is 49.6 Å². The molecular formula is C41H60ClOP2Ru+2. The molecule has 0 heterocycles. The van der Waals surface area contributed by atoms with Crippen LogP contribution in [0.1, 0.15) is 123 Å². The van der Waals surface area contributed by atoms with Gasteiger partial charge in [0.05, 0.1) is 35.4 Å². The van der Waals surface area contributed by atoms with Gasteiger partial charge >= 0.3 is 65.9 Å². The second kappa shape index (κ2) is 20.6. The molecule has 0 aromatic heterocycles. The van der Waals surface area contributed by atoms with E-state index < -0.39 is 7.92 Å². The van der Waals surface area contributed by atoms with Gasteiger partial charge in [-0.25, -0.2) is 0 Å². The summed E-state index contributed by atoms with van der Waals surface area (Å²) in [6.07, 6.45) is 23.8. The Balaban J connectivity index is 0.000000167. The predicted octanol–water partition coefficient (Wildman–Crippen LogP) is 11.6. The van der Waals surface area contributed by atoms with Gasteiger partial charge in [0.1, 0.15) is 5.30 Å². The van der Waals surface area contributed by atoms with Gasteiger partial charge in [0.25, 0.3) is 0 Å². The summed E-state index contributed by atoms with van der Waals surface area (Å²) >= 11 is -0.0765. The van der Waals surface area contributed by atoms with Crippen LogP contribution in [-0.4, -0.2) is 31.8 Å². The molecule has 3 saturated carbocycles. The molecular weight excluding hydrogens is 707 g/mol. The van der Waals surface area contributed by atoms with Crippen molar-refractivity contribution < 1.29 is 20.8 Å². The van der Waals surface area contributed by atoms with Crippen molar-refractivity contribution in [2.75, 3.05) is 0 Å². The Labute approximate surface area is 295 Å². The van der Waals surface area contributed by atoms with Crippen molar-refractivity contribution in [1.29, 1.82) is 0 Å². The van der Waals surface area contributed by atoms with Crippen molar-refractivity contribution in [3.8, 4) is 5.75 Å². The molecule has 3 aliphatic carbocycles. The Bertz CT molecular complexity index is 1220. The van der Waals surface area contributed by atoms with Crippen LogP contribution >= 0.6 is 25.5 Å². The third-order valence-corrected chi connectivity index (χ3v) is 19.3. The average Bonchev–Trinajstić information content (AvgIpc) is 3.09. The first kappa shape index (κ1) is 37.9. The van der Waals surface area contributed by atoms with Crippen LogP contribution in [0.25, 0.3) is 0 Å². The van der Waals surface area contributed by atoms with Crippen molar-refractivity contribution >= 4 is 40.8 Å². The standard InChI is InChI=1S/C18H33P.C16H19OP.C7H6.ClH.Ru/c1-4-10-16(11-5-1)19(17-12-6-2-7-13-17)18-14-8-3-9-15-18;1-16(2,3)18(13-9-5-4-6-10-13)15-12-8-7-11-14(15)17;1-7-5-3-2-4-6-7;;/h16-18H,1-15H2;4-12,17H,1-3H3;1-6H;1H;/q;;;;+1/p+1. The van der Waals surface area contributed by atoms with E-state index in [-0.39, 0.29) is 28.8 Å². The Morgan fingerprint density at radius 2 is 1.02 bits per heavy atom. The molecule has 6 rings (SSSR count). The molecule has 1 N–H and O–H groups in total. The monoisotopic (exact) mass is 767 g/mol. The first-order valence-corrected chi connectivity index (χ1v) is 24.5. The molecule has 1 nitrogen and oxygen atoms in total. The van der Waals surface area contributed by atoms with Crippen molar-refractivity contribution in [3.05, 3.63) is 90.5 Å². The van der Waals surface area contributed by atoms with Crippen molar-refractivity contribution in [3.63, 3.8) is 0 Å². The maximum absolute atomic E-state index is 10.1. The fourth-order valence-electron chi connectivity index (χ4n) is 8.16. The zero-order valence-corrected chi connectivity index (χ0v) is 33.2. The van der Waals surface area contributed by atoms with E-state index in [2.05, 4.69) is 67.8 Å². The SMILES string of the molecule is C1CCC([PH+](C2CCCCC2)C2CCCCC2)CC1.CC(C)(C)[PH+](c1ccccc1)c1ccccc1O.[Cl][Ru]=[CH]c1ccccc1. The topological polar surface area (TPSA) is 20.2 Å². The summed E-state index contributed by atoms with van der Waals surface area (Å²) in [6.45, 7) is 6.75. The number of hydrogen-bond acceptors (Lipinski definition) is 1. The van der Waals surface area contributed by atoms with Crippen LogP contribution < -0.4 is 10.6 Å². The van der Waals surface area contributed by atoms with Crippen molar-refractivity contribution in [1.82, 2.24) is 0 Å². The fourth-order valence-corrected chi connectivity index (χ4v) is 17.6. The molecule has 0 radical (unpaired) electrons. The number of rotatable bonds is 6. The van der Waals surface area contributed by atoms with Gasteiger partial charge in [-0.15, -0.1) is 0 Å². The molecule has 5 heteroatoms. The number of benzene rings is 3. The predicted molar refractivity (Wildman–Crippen MR) is 208 cm³/mol. The Kier molecular flexibility index (Phi) is 17.0. The van der Waals surface area contributed by atoms with Crippen LogP contribution in [-0.2, 0) is 15.7 Å². The summed E-state index contributed by atoms with van der Waals surface area (Å²) < 4.78 is 2.06. The molecule has 0 aliphatic heterocycles. The summed E-state index contributed by atoms with van der Waals surface area (Å²) in [6, 6.07) is 28.4. The minimum absolute atomic E-state index is 0.0465. The molecule has 0 amide bonds. The van der Waals surface area contributed by atoms with Crippen LogP contribution in [0, 0.1) is 0 Å². The number of hydrogen-bond donors (Lipinski definition) is 1. The summed E-state index contributed by atoms with van der Waals surface area (Å²) in [7, 11) is 4.53. The zero-order valence-electron chi connectivity index (χ0n) is 28.7. The number of halogens is 1. The minimum atomic E-state index is -0.995. The zero-order chi connectivity index (χ0) is 32.6. The molecule has 3 aromatic rings. The first-order chi connectivity index (χ1) is 22.4. The van der Waals surface area contributed by atoms with E-state index in [1.54, 1.807) is 102 Å². The average molecular weight is 767 g/mol. The van der Waals surface area contributed by atoms with Crippen LogP contribution in [0.3, 0.4) is 0 Å². The molecule has 1 unspecified atom stereocenters. The van der Waals surface area contributed by atoms with Gasteiger partial charge in [-0.3, -0.25) is 0 Å². The molecule has 3 aliphatic rings. The third kappa shape index (κ3) is 12.2. The molecule has 0 bridgehead atoms. The maximum atomic E-state index is 10.1. The van der Waals surface area contributed by atoms with Crippen LogP contribution in [0.5, 0.6) is 5.75 Å². The van der Waals surface area contributed by atoms with Gasteiger partial charge in [0, 0.05) is 7.92 Å². The summed E-state index contributed by atoms with van der Waals surface area (Å²) in [5.41, 5.74) is 4.91. The van der Waals surface area contributed by atoms with E-state index in [9.17, 15) is 5.11 Å². The number of para-hydroxylation sites is 1. The Hall–Kier alpha value is -0.897. The van der Waals surface area contributed by atoms with E-state index in [0.717, 1.165) is 5.30 Å². The van der Waals surface area contributed by atoms with Gasteiger partial charge in [-0.2, -0.15) is 0 Å². The normalized spacial score (nSPS) is 19.3. The summed E-state index contributed by atoms with van der Waals surface area (Å²) in [5, 5.41) is 12.7. The van der Waals surface area contributed by atoms with Crippen LogP contribution in [0.15, 0.2) is 84.9 Å². The molecule has 46 heavy (non-hydrogen) atoms. The fraction of sp³-hybridized carbons (Fsp3) is 0.537. The van der Waals surface area contributed by atoms with E-state index in [1.165, 1.54) is 27.8 Å². The third-order valence-electron chi connectivity index (χ3n) is 10.2. The Morgan fingerprint density at radius 3 is 1.43 bits per heavy atom. The summed E-state index contributed by atoms with van der Waals surface area (Å²) in [4.78, 5) is 0.